The first-order valence-electron chi connectivity index (χ1n) is 6.30. The van der Waals surface area contributed by atoms with Crippen LogP contribution >= 0.6 is 0 Å². The van der Waals surface area contributed by atoms with Crippen molar-refractivity contribution >= 4 is 0 Å². The van der Waals surface area contributed by atoms with Crippen LogP contribution in [0.3, 0.4) is 0 Å². The van der Waals surface area contributed by atoms with Crippen molar-refractivity contribution in [3.63, 3.8) is 0 Å². The molecular weight excluding hydrogens is 207 g/mol. The molecule has 1 unspecified atom stereocenters. The molecule has 2 aliphatic rings. The largest absolute Gasteiger partial charge is 0.312 e. The molecule has 0 aromatic carbocycles. The summed E-state index contributed by atoms with van der Waals surface area (Å²) in [5.74, 6) is 0. The van der Waals surface area contributed by atoms with Gasteiger partial charge in [0.1, 0.15) is 6.67 Å². The highest BCUT2D eigenvalue weighted by Gasteiger charge is 2.23. The van der Waals surface area contributed by atoms with Gasteiger partial charge < -0.3 is 5.32 Å². The zero-order chi connectivity index (χ0) is 11.2. The number of piperazine rings is 1. The Labute approximate surface area is 97.2 Å². The van der Waals surface area contributed by atoms with Crippen LogP contribution in [0.4, 0.5) is 4.39 Å². The molecule has 0 aromatic rings. The van der Waals surface area contributed by atoms with E-state index in [1.165, 1.54) is 0 Å². The highest BCUT2D eigenvalue weighted by molar-refractivity contribution is 4.79. The van der Waals surface area contributed by atoms with Gasteiger partial charge in [0, 0.05) is 45.8 Å². The van der Waals surface area contributed by atoms with Crippen LogP contribution in [-0.2, 0) is 0 Å². The first-order valence-corrected chi connectivity index (χ1v) is 6.30. The minimum Gasteiger partial charge on any atom is -0.312 e. The number of hydrogen-bond acceptors (Lipinski definition) is 3. The van der Waals surface area contributed by atoms with Gasteiger partial charge in [0.05, 0.1) is 6.17 Å². The smallest absolute Gasteiger partial charge is 0.102 e. The van der Waals surface area contributed by atoms with Gasteiger partial charge in [-0.15, -0.1) is 0 Å². The van der Waals surface area contributed by atoms with E-state index >= 15 is 0 Å². The van der Waals surface area contributed by atoms with Gasteiger partial charge >= 0.3 is 0 Å². The lowest BCUT2D eigenvalue weighted by Crippen LogP contribution is -2.54. The standard InChI is InChI=1S/C11H22FN4/c12-2-7-15-5-1-6-16(9-8-15)11-10-13-3-4-14-11/h11,13H,1-10H2. The zero-order valence-corrected chi connectivity index (χ0v) is 9.87. The molecule has 1 radical (unpaired) electrons. The van der Waals surface area contributed by atoms with Crippen molar-refractivity contribution in [2.45, 2.75) is 12.6 Å². The van der Waals surface area contributed by atoms with Crippen LogP contribution in [0.2, 0.25) is 0 Å². The van der Waals surface area contributed by atoms with Crippen LogP contribution in [0.15, 0.2) is 0 Å². The molecule has 0 amide bonds. The van der Waals surface area contributed by atoms with Crippen LogP contribution < -0.4 is 10.6 Å². The predicted octanol–water partition coefficient (Wildman–Crippen LogP) is -0.503. The summed E-state index contributed by atoms with van der Waals surface area (Å²) in [5.41, 5.74) is 0. The number of hydrogen-bond donors (Lipinski definition) is 1. The Hall–Kier alpha value is -0.230. The Morgan fingerprint density at radius 3 is 2.94 bits per heavy atom. The fourth-order valence-electron chi connectivity index (χ4n) is 2.46. The van der Waals surface area contributed by atoms with E-state index in [0.29, 0.717) is 12.7 Å². The molecular formula is C11H22FN4. The van der Waals surface area contributed by atoms with Crippen LogP contribution in [0, 0.1) is 0 Å². The lowest BCUT2D eigenvalue weighted by molar-refractivity contribution is 0.146. The van der Waals surface area contributed by atoms with E-state index in [4.69, 9.17) is 0 Å². The third kappa shape index (κ3) is 3.38. The number of halogens is 1. The molecule has 93 valence electrons. The van der Waals surface area contributed by atoms with Crippen molar-refractivity contribution in [1.82, 2.24) is 20.4 Å². The van der Waals surface area contributed by atoms with Gasteiger partial charge in [-0.3, -0.25) is 9.80 Å². The SMILES string of the molecule is FCCN1CCCN(C2CNCC[N]2)CC1. The van der Waals surface area contributed by atoms with Crippen LogP contribution in [-0.4, -0.2) is 75.0 Å². The fourth-order valence-corrected chi connectivity index (χ4v) is 2.46. The second kappa shape index (κ2) is 6.49. The first kappa shape index (κ1) is 12.2. The summed E-state index contributed by atoms with van der Waals surface area (Å²) in [6, 6.07) is 0. The third-order valence-corrected chi connectivity index (χ3v) is 3.40. The molecule has 4 nitrogen and oxygen atoms in total. The molecule has 0 bridgehead atoms. The molecule has 2 aliphatic heterocycles. The van der Waals surface area contributed by atoms with Crippen molar-refractivity contribution in [2.24, 2.45) is 0 Å². The Bertz CT molecular complexity index is 196. The van der Waals surface area contributed by atoms with Crippen molar-refractivity contribution < 1.29 is 4.39 Å². The van der Waals surface area contributed by atoms with E-state index in [1.54, 1.807) is 0 Å². The van der Waals surface area contributed by atoms with Gasteiger partial charge in [-0.05, 0) is 13.0 Å². The Morgan fingerprint density at radius 1 is 1.25 bits per heavy atom. The first-order chi connectivity index (χ1) is 7.90. The summed E-state index contributed by atoms with van der Waals surface area (Å²) >= 11 is 0. The summed E-state index contributed by atoms with van der Waals surface area (Å²) in [6.45, 7) is 7.41. The topological polar surface area (TPSA) is 32.6 Å². The van der Waals surface area contributed by atoms with E-state index in [2.05, 4.69) is 20.4 Å². The quantitative estimate of drug-likeness (QED) is 0.708. The normalized spacial score (nSPS) is 30.2. The van der Waals surface area contributed by atoms with Crippen LogP contribution in [0.5, 0.6) is 0 Å². The van der Waals surface area contributed by atoms with Crippen molar-refractivity contribution in [3.05, 3.63) is 0 Å². The number of nitrogens with zero attached hydrogens (tertiary/aromatic N) is 3. The average Bonchev–Trinajstić information content (AvgIpc) is 2.57. The van der Waals surface area contributed by atoms with E-state index in [-0.39, 0.29) is 6.67 Å². The molecule has 1 N–H and O–H groups in total. The maximum atomic E-state index is 12.3. The highest BCUT2D eigenvalue weighted by atomic mass is 19.1. The van der Waals surface area contributed by atoms with E-state index < -0.39 is 0 Å². The van der Waals surface area contributed by atoms with E-state index in [0.717, 1.165) is 52.2 Å². The molecule has 5 heteroatoms. The molecule has 0 saturated carbocycles. The van der Waals surface area contributed by atoms with Gasteiger partial charge in [-0.25, -0.2) is 9.71 Å². The molecule has 2 rings (SSSR count). The van der Waals surface area contributed by atoms with E-state index in [1.807, 2.05) is 0 Å². The minimum atomic E-state index is -0.227. The minimum absolute atomic E-state index is 0.227. The second-order valence-electron chi connectivity index (χ2n) is 4.51. The Balaban J connectivity index is 1.78. The molecule has 0 aromatic heterocycles. The van der Waals surface area contributed by atoms with Gasteiger partial charge in [0.2, 0.25) is 0 Å². The molecule has 2 saturated heterocycles. The monoisotopic (exact) mass is 229 g/mol. The Morgan fingerprint density at radius 2 is 2.19 bits per heavy atom. The summed E-state index contributed by atoms with van der Waals surface area (Å²) in [7, 11) is 0. The maximum Gasteiger partial charge on any atom is 0.102 e. The molecule has 2 fully saturated rings. The molecule has 1 atom stereocenters. The van der Waals surface area contributed by atoms with Crippen molar-refractivity contribution in [1.29, 1.82) is 0 Å². The van der Waals surface area contributed by atoms with Gasteiger partial charge in [0.15, 0.2) is 0 Å². The lowest BCUT2D eigenvalue weighted by Gasteiger charge is -2.33. The molecule has 0 aliphatic carbocycles. The number of alkyl halides is 1. The molecule has 16 heavy (non-hydrogen) atoms. The number of nitrogens with one attached hydrogen (secondary N) is 1. The fraction of sp³-hybridized carbons (Fsp3) is 1.00. The summed E-state index contributed by atoms with van der Waals surface area (Å²) in [5, 5.41) is 8.02. The third-order valence-electron chi connectivity index (χ3n) is 3.40. The summed E-state index contributed by atoms with van der Waals surface area (Å²) in [4.78, 5) is 4.65. The average molecular weight is 229 g/mol. The molecule has 0 spiro atoms. The van der Waals surface area contributed by atoms with Gasteiger partial charge in [-0.2, -0.15) is 0 Å². The summed E-state index contributed by atoms with van der Waals surface area (Å²) in [6.07, 6.45) is 1.48. The highest BCUT2D eigenvalue weighted by Crippen LogP contribution is 2.07. The van der Waals surface area contributed by atoms with Gasteiger partial charge in [-0.1, -0.05) is 0 Å². The van der Waals surface area contributed by atoms with Gasteiger partial charge in [0.25, 0.3) is 0 Å². The van der Waals surface area contributed by atoms with E-state index in [9.17, 15) is 4.39 Å². The predicted molar refractivity (Wildman–Crippen MR) is 62.3 cm³/mol. The number of rotatable bonds is 3. The zero-order valence-electron chi connectivity index (χ0n) is 9.87. The lowest BCUT2D eigenvalue weighted by atomic mass is 10.3. The maximum absolute atomic E-state index is 12.3. The van der Waals surface area contributed by atoms with Crippen molar-refractivity contribution in [3.8, 4) is 0 Å². The summed E-state index contributed by atoms with van der Waals surface area (Å²) < 4.78 is 12.3. The second-order valence-corrected chi connectivity index (χ2v) is 4.51. The van der Waals surface area contributed by atoms with Crippen molar-refractivity contribution in [2.75, 3.05) is 59.0 Å². The van der Waals surface area contributed by atoms with Crippen LogP contribution in [0.1, 0.15) is 6.42 Å². The molecule has 2 heterocycles. The Kier molecular flexibility index (Phi) is 4.96. The van der Waals surface area contributed by atoms with Crippen LogP contribution in [0.25, 0.3) is 0 Å².